The first-order valence-corrected chi connectivity index (χ1v) is 7.03. The van der Waals surface area contributed by atoms with Gasteiger partial charge in [-0.15, -0.1) is 0 Å². The molecule has 106 valence electrons. The summed E-state index contributed by atoms with van der Waals surface area (Å²) in [6.07, 6.45) is 5.76. The lowest BCUT2D eigenvalue weighted by Crippen LogP contribution is -2.10. The number of aromatic nitrogens is 3. The fourth-order valence-electron chi connectivity index (χ4n) is 2.36. The van der Waals surface area contributed by atoms with Gasteiger partial charge in [-0.2, -0.15) is 0 Å². The normalized spacial score (nSPS) is 10.8. The van der Waals surface area contributed by atoms with Crippen molar-refractivity contribution in [2.24, 2.45) is 0 Å². The van der Waals surface area contributed by atoms with E-state index < -0.39 is 0 Å². The molecule has 0 aliphatic rings. The van der Waals surface area contributed by atoms with Crippen molar-refractivity contribution in [1.82, 2.24) is 20.3 Å². The molecule has 4 nitrogen and oxygen atoms in total. The van der Waals surface area contributed by atoms with Gasteiger partial charge in [0.1, 0.15) is 0 Å². The lowest BCUT2D eigenvalue weighted by molar-refractivity contribution is 0.715. The van der Waals surface area contributed by atoms with Gasteiger partial charge in [-0.25, -0.2) is 9.97 Å². The molecule has 0 saturated carbocycles. The molecule has 0 fully saturated rings. The fraction of sp³-hybridized carbons (Fsp3) is 0.438. The summed E-state index contributed by atoms with van der Waals surface area (Å²) in [7, 11) is 1.98. The fourth-order valence-corrected chi connectivity index (χ4v) is 2.36. The summed E-state index contributed by atoms with van der Waals surface area (Å²) < 4.78 is 0. The summed E-state index contributed by atoms with van der Waals surface area (Å²) in [6, 6.07) is 1.99. The standard InChI is InChI=1S/C16H22N4/c1-11-7-9-18-10-15(11)16-19-12(2)14(13(3)20-16)6-5-8-17-4/h7,9-10,17H,5-6,8H2,1-4H3. The second-order valence-electron chi connectivity index (χ2n) is 5.09. The smallest absolute Gasteiger partial charge is 0.161 e. The van der Waals surface area contributed by atoms with Gasteiger partial charge in [0.25, 0.3) is 0 Å². The predicted octanol–water partition coefficient (Wildman–Crippen LogP) is 2.62. The zero-order chi connectivity index (χ0) is 14.5. The number of hydrogen-bond acceptors (Lipinski definition) is 4. The van der Waals surface area contributed by atoms with E-state index in [4.69, 9.17) is 0 Å². The summed E-state index contributed by atoms with van der Waals surface area (Å²) in [5.41, 5.74) is 5.59. The van der Waals surface area contributed by atoms with Crippen molar-refractivity contribution < 1.29 is 0 Å². The van der Waals surface area contributed by atoms with Crippen LogP contribution in [0, 0.1) is 20.8 Å². The molecule has 0 spiro atoms. The van der Waals surface area contributed by atoms with Crippen LogP contribution in [-0.2, 0) is 6.42 Å². The lowest BCUT2D eigenvalue weighted by atomic mass is 10.1. The maximum absolute atomic E-state index is 4.67. The summed E-state index contributed by atoms with van der Waals surface area (Å²) >= 11 is 0. The van der Waals surface area contributed by atoms with Crippen molar-refractivity contribution >= 4 is 0 Å². The first kappa shape index (κ1) is 14.6. The molecular weight excluding hydrogens is 248 g/mol. The monoisotopic (exact) mass is 270 g/mol. The molecule has 0 saturated heterocycles. The third-order valence-corrected chi connectivity index (χ3v) is 3.55. The highest BCUT2D eigenvalue weighted by Crippen LogP contribution is 2.21. The minimum absolute atomic E-state index is 0.781. The lowest BCUT2D eigenvalue weighted by Gasteiger charge is -2.11. The number of pyridine rings is 1. The molecule has 2 aromatic heterocycles. The number of rotatable bonds is 5. The Morgan fingerprint density at radius 3 is 2.40 bits per heavy atom. The van der Waals surface area contributed by atoms with E-state index in [0.717, 1.165) is 47.7 Å². The largest absolute Gasteiger partial charge is 0.320 e. The Labute approximate surface area is 120 Å². The van der Waals surface area contributed by atoms with Crippen molar-refractivity contribution in [2.75, 3.05) is 13.6 Å². The van der Waals surface area contributed by atoms with Crippen LogP contribution < -0.4 is 5.32 Å². The van der Waals surface area contributed by atoms with Crippen LogP contribution >= 0.6 is 0 Å². The molecule has 0 aliphatic carbocycles. The van der Waals surface area contributed by atoms with Crippen LogP contribution in [0.15, 0.2) is 18.5 Å². The number of hydrogen-bond donors (Lipinski definition) is 1. The van der Waals surface area contributed by atoms with Gasteiger partial charge in [0.05, 0.1) is 0 Å². The second kappa shape index (κ2) is 6.57. The highest BCUT2D eigenvalue weighted by atomic mass is 14.9. The molecule has 0 radical (unpaired) electrons. The zero-order valence-corrected chi connectivity index (χ0v) is 12.7. The molecule has 0 bridgehead atoms. The quantitative estimate of drug-likeness (QED) is 0.849. The third kappa shape index (κ3) is 3.20. The van der Waals surface area contributed by atoms with Gasteiger partial charge in [-0.05, 0) is 64.4 Å². The van der Waals surface area contributed by atoms with Crippen LogP contribution in [0.3, 0.4) is 0 Å². The van der Waals surface area contributed by atoms with Gasteiger partial charge in [0.2, 0.25) is 0 Å². The van der Waals surface area contributed by atoms with Crippen LogP contribution in [0.4, 0.5) is 0 Å². The van der Waals surface area contributed by atoms with Crippen molar-refractivity contribution in [2.45, 2.75) is 33.6 Å². The predicted molar refractivity (Wildman–Crippen MR) is 81.7 cm³/mol. The Hall–Kier alpha value is -1.81. The third-order valence-electron chi connectivity index (χ3n) is 3.55. The van der Waals surface area contributed by atoms with E-state index in [0.29, 0.717) is 0 Å². The maximum atomic E-state index is 4.67. The summed E-state index contributed by atoms with van der Waals surface area (Å²) in [4.78, 5) is 13.5. The van der Waals surface area contributed by atoms with Gasteiger partial charge >= 0.3 is 0 Å². The Morgan fingerprint density at radius 1 is 1.10 bits per heavy atom. The van der Waals surface area contributed by atoms with Crippen molar-refractivity contribution in [3.05, 3.63) is 41.0 Å². The molecule has 2 rings (SSSR count). The average molecular weight is 270 g/mol. The van der Waals surface area contributed by atoms with Crippen LogP contribution in [0.2, 0.25) is 0 Å². The number of nitrogens with zero attached hydrogens (tertiary/aromatic N) is 3. The molecule has 20 heavy (non-hydrogen) atoms. The molecule has 2 aromatic rings. The minimum atomic E-state index is 0.781. The van der Waals surface area contributed by atoms with Gasteiger partial charge in [-0.3, -0.25) is 4.98 Å². The van der Waals surface area contributed by atoms with E-state index in [9.17, 15) is 0 Å². The highest BCUT2D eigenvalue weighted by Gasteiger charge is 2.11. The summed E-state index contributed by atoms with van der Waals surface area (Å²) in [5, 5.41) is 3.17. The topological polar surface area (TPSA) is 50.7 Å². The Balaban J connectivity index is 2.33. The Bertz CT molecular complexity index is 570. The number of aryl methyl sites for hydroxylation is 3. The summed E-state index contributed by atoms with van der Waals surface area (Å²) in [6.45, 7) is 7.21. The molecule has 1 N–H and O–H groups in total. The van der Waals surface area contributed by atoms with Crippen LogP contribution in [-0.4, -0.2) is 28.5 Å². The van der Waals surface area contributed by atoms with E-state index in [1.807, 2.05) is 19.3 Å². The maximum Gasteiger partial charge on any atom is 0.161 e. The molecule has 0 atom stereocenters. The van der Waals surface area contributed by atoms with E-state index in [-0.39, 0.29) is 0 Å². The average Bonchev–Trinajstić information content (AvgIpc) is 2.42. The molecule has 0 unspecified atom stereocenters. The number of nitrogens with one attached hydrogen (secondary N) is 1. The van der Waals surface area contributed by atoms with Crippen LogP contribution in [0.1, 0.15) is 28.9 Å². The van der Waals surface area contributed by atoms with Gasteiger partial charge in [0.15, 0.2) is 5.82 Å². The summed E-state index contributed by atoms with van der Waals surface area (Å²) in [5.74, 6) is 0.781. The van der Waals surface area contributed by atoms with E-state index in [2.05, 4.69) is 41.0 Å². The zero-order valence-electron chi connectivity index (χ0n) is 12.7. The first-order chi connectivity index (χ1) is 9.63. The Kier molecular flexibility index (Phi) is 4.79. The molecule has 0 aliphatic heterocycles. The van der Waals surface area contributed by atoms with Gasteiger partial charge < -0.3 is 5.32 Å². The van der Waals surface area contributed by atoms with E-state index >= 15 is 0 Å². The molecule has 0 amide bonds. The van der Waals surface area contributed by atoms with Crippen molar-refractivity contribution in [3.63, 3.8) is 0 Å². The van der Waals surface area contributed by atoms with Gasteiger partial charge in [0, 0.05) is 29.3 Å². The SMILES string of the molecule is CNCCCc1c(C)nc(-c2cnccc2C)nc1C. The van der Waals surface area contributed by atoms with Crippen LogP contribution in [0.25, 0.3) is 11.4 Å². The van der Waals surface area contributed by atoms with Crippen molar-refractivity contribution in [1.29, 1.82) is 0 Å². The Morgan fingerprint density at radius 2 is 1.80 bits per heavy atom. The minimum Gasteiger partial charge on any atom is -0.320 e. The highest BCUT2D eigenvalue weighted by molar-refractivity contribution is 5.58. The first-order valence-electron chi connectivity index (χ1n) is 7.03. The molecular formula is C16H22N4. The second-order valence-corrected chi connectivity index (χ2v) is 5.09. The van der Waals surface area contributed by atoms with Gasteiger partial charge in [-0.1, -0.05) is 0 Å². The van der Waals surface area contributed by atoms with Crippen LogP contribution in [0.5, 0.6) is 0 Å². The van der Waals surface area contributed by atoms with Crippen molar-refractivity contribution in [3.8, 4) is 11.4 Å². The van der Waals surface area contributed by atoms with E-state index in [1.165, 1.54) is 5.56 Å². The molecule has 2 heterocycles. The van der Waals surface area contributed by atoms with E-state index in [1.54, 1.807) is 6.20 Å². The molecule has 0 aromatic carbocycles. The molecule has 4 heteroatoms.